The van der Waals surface area contributed by atoms with E-state index in [0.29, 0.717) is 16.9 Å². The van der Waals surface area contributed by atoms with E-state index < -0.39 is 23.4 Å². The Bertz CT molecular complexity index is 1220. The second-order valence-corrected chi connectivity index (χ2v) is 6.66. The van der Waals surface area contributed by atoms with Gasteiger partial charge in [0.25, 0.3) is 17.7 Å². The molecule has 4 rings (SSSR count). The average molecular weight is 419 g/mol. The molecule has 8 heteroatoms. The van der Waals surface area contributed by atoms with Crippen LogP contribution in [-0.4, -0.2) is 17.7 Å². The molecule has 1 heterocycles. The van der Waals surface area contributed by atoms with Gasteiger partial charge in [-0.3, -0.25) is 19.7 Å². The highest BCUT2D eigenvalue weighted by Crippen LogP contribution is 2.28. The molecule has 1 aliphatic heterocycles. The first kappa shape index (κ1) is 20.0. The van der Waals surface area contributed by atoms with E-state index in [9.17, 15) is 23.2 Å². The minimum Gasteiger partial charge on any atom is -0.350 e. The number of anilines is 2. The van der Waals surface area contributed by atoms with Crippen molar-refractivity contribution in [3.8, 4) is 0 Å². The van der Waals surface area contributed by atoms with Gasteiger partial charge in [-0.15, -0.1) is 0 Å². The van der Waals surface area contributed by atoms with Gasteiger partial charge in [0.1, 0.15) is 5.70 Å². The summed E-state index contributed by atoms with van der Waals surface area (Å²) in [5.74, 6) is -4.22. The fourth-order valence-electron chi connectivity index (χ4n) is 3.10. The number of carbonyl (C=O) groups excluding carboxylic acids is 3. The highest BCUT2D eigenvalue weighted by atomic mass is 19.2. The third-order valence-corrected chi connectivity index (χ3v) is 4.60. The van der Waals surface area contributed by atoms with Crippen LogP contribution in [-0.2, 0) is 9.59 Å². The number of hydrogen-bond acceptors (Lipinski definition) is 4. The molecule has 3 aromatic carbocycles. The average Bonchev–Trinajstić information content (AvgIpc) is 3.05. The molecule has 0 aromatic heterocycles. The van der Waals surface area contributed by atoms with Crippen molar-refractivity contribution in [3.05, 3.63) is 101 Å². The summed E-state index contributed by atoms with van der Waals surface area (Å²) in [5.41, 5.74) is 0.609. The summed E-state index contributed by atoms with van der Waals surface area (Å²) in [6.45, 7) is 0. The van der Waals surface area contributed by atoms with E-state index in [4.69, 9.17) is 0 Å². The first-order chi connectivity index (χ1) is 14.9. The van der Waals surface area contributed by atoms with E-state index in [1.807, 2.05) is 0 Å². The molecule has 0 unspecified atom stereocenters. The molecule has 0 bridgehead atoms. The van der Waals surface area contributed by atoms with Gasteiger partial charge in [-0.05, 0) is 42.5 Å². The number of halogens is 2. The number of benzene rings is 3. The third kappa shape index (κ3) is 4.04. The zero-order chi connectivity index (χ0) is 22.0. The SMILES string of the molecule is O=C1NC(=O)C(c2cccc(F)c2F)=C1Nc1ccc(NC(=O)c2ccccc2)cc1. The van der Waals surface area contributed by atoms with E-state index in [2.05, 4.69) is 16.0 Å². The van der Waals surface area contributed by atoms with Crippen molar-refractivity contribution in [2.24, 2.45) is 0 Å². The highest BCUT2D eigenvalue weighted by molar-refractivity contribution is 6.36. The topological polar surface area (TPSA) is 87.3 Å². The Labute approximate surface area is 175 Å². The number of nitrogens with one attached hydrogen (secondary N) is 3. The predicted molar refractivity (Wildman–Crippen MR) is 111 cm³/mol. The van der Waals surface area contributed by atoms with E-state index in [1.54, 1.807) is 54.6 Å². The van der Waals surface area contributed by atoms with Gasteiger partial charge in [0.15, 0.2) is 11.6 Å². The molecule has 0 saturated carbocycles. The highest BCUT2D eigenvalue weighted by Gasteiger charge is 2.33. The molecule has 3 aromatic rings. The molecule has 3 amide bonds. The molecule has 0 fully saturated rings. The second kappa shape index (κ2) is 8.19. The lowest BCUT2D eigenvalue weighted by atomic mass is 10.0. The number of hydrogen-bond donors (Lipinski definition) is 3. The Kier molecular flexibility index (Phi) is 5.28. The first-order valence-electron chi connectivity index (χ1n) is 9.22. The molecule has 31 heavy (non-hydrogen) atoms. The Hall–Kier alpha value is -4.33. The van der Waals surface area contributed by atoms with E-state index in [1.165, 1.54) is 12.1 Å². The van der Waals surface area contributed by atoms with Gasteiger partial charge in [0.05, 0.1) is 5.57 Å². The van der Waals surface area contributed by atoms with E-state index in [0.717, 1.165) is 6.07 Å². The normalized spacial score (nSPS) is 13.2. The zero-order valence-electron chi connectivity index (χ0n) is 15.9. The van der Waals surface area contributed by atoms with Crippen molar-refractivity contribution >= 4 is 34.7 Å². The maximum absolute atomic E-state index is 14.2. The molecular weight excluding hydrogens is 404 g/mol. The molecule has 0 atom stereocenters. The maximum Gasteiger partial charge on any atom is 0.275 e. The molecule has 0 radical (unpaired) electrons. The Morgan fingerprint density at radius 2 is 1.45 bits per heavy atom. The zero-order valence-corrected chi connectivity index (χ0v) is 15.9. The lowest BCUT2D eigenvalue weighted by Crippen LogP contribution is -2.24. The number of rotatable bonds is 5. The summed E-state index contributed by atoms with van der Waals surface area (Å²) < 4.78 is 27.8. The van der Waals surface area contributed by atoms with Crippen LogP contribution < -0.4 is 16.0 Å². The van der Waals surface area contributed by atoms with Crippen LogP contribution in [0.5, 0.6) is 0 Å². The lowest BCUT2D eigenvalue weighted by molar-refractivity contribution is -0.123. The van der Waals surface area contributed by atoms with Gasteiger partial charge < -0.3 is 10.6 Å². The molecule has 0 aliphatic carbocycles. The van der Waals surface area contributed by atoms with Crippen LogP contribution in [0.15, 0.2) is 78.5 Å². The van der Waals surface area contributed by atoms with Crippen molar-refractivity contribution < 1.29 is 23.2 Å². The summed E-state index contributed by atoms with van der Waals surface area (Å²) in [4.78, 5) is 36.6. The van der Waals surface area contributed by atoms with Crippen LogP contribution in [0.25, 0.3) is 5.57 Å². The van der Waals surface area contributed by atoms with E-state index in [-0.39, 0.29) is 22.7 Å². The van der Waals surface area contributed by atoms with Crippen molar-refractivity contribution in [1.29, 1.82) is 0 Å². The summed E-state index contributed by atoms with van der Waals surface area (Å²) in [5, 5.41) is 7.59. The second-order valence-electron chi connectivity index (χ2n) is 6.66. The van der Waals surface area contributed by atoms with Gasteiger partial charge in [-0.1, -0.05) is 30.3 Å². The van der Waals surface area contributed by atoms with Gasteiger partial charge in [-0.2, -0.15) is 0 Å². The predicted octanol–water partition coefficient (Wildman–Crippen LogP) is 3.70. The van der Waals surface area contributed by atoms with Crippen molar-refractivity contribution in [3.63, 3.8) is 0 Å². The number of amides is 3. The van der Waals surface area contributed by atoms with Crippen molar-refractivity contribution in [2.75, 3.05) is 10.6 Å². The summed E-state index contributed by atoms with van der Waals surface area (Å²) >= 11 is 0. The molecule has 6 nitrogen and oxygen atoms in total. The Balaban J connectivity index is 1.58. The maximum atomic E-state index is 14.2. The van der Waals surface area contributed by atoms with Crippen LogP contribution in [0.4, 0.5) is 20.2 Å². The first-order valence-corrected chi connectivity index (χ1v) is 9.22. The van der Waals surface area contributed by atoms with Gasteiger partial charge in [0.2, 0.25) is 0 Å². The lowest BCUT2D eigenvalue weighted by Gasteiger charge is -2.10. The van der Waals surface area contributed by atoms with Crippen molar-refractivity contribution in [1.82, 2.24) is 5.32 Å². The fourth-order valence-corrected chi connectivity index (χ4v) is 3.10. The van der Waals surface area contributed by atoms with Gasteiger partial charge in [-0.25, -0.2) is 8.78 Å². The standard InChI is InChI=1S/C23H15F2N3O3/c24-17-8-4-7-16(19(17)25)18-20(23(31)28-22(18)30)26-14-9-11-15(12-10-14)27-21(29)13-5-2-1-3-6-13/h1-12H,(H,27,29)(H2,26,28,30,31). The van der Waals surface area contributed by atoms with Crippen LogP contribution in [0.1, 0.15) is 15.9 Å². The van der Waals surface area contributed by atoms with Crippen LogP contribution in [0, 0.1) is 11.6 Å². The monoisotopic (exact) mass is 419 g/mol. The largest absolute Gasteiger partial charge is 0.350 e. The summed E-state index contributed by atoms with van der Waals surface area (Å²) in [6.07, 6.45) is 0. The van der Waals surface area contributed by atoms with Gasteiger partial charge >= 0.3 is 0 Å². The minimum atomic E-state index is -1.22. The number of carbonyl (C=O) groups is 3. The minimum absolute atomic E-state index is 0.199. The van der Waals surface area contributed by atoms with Crippen molar-refractivity contribution in [2.45, 2.75) is 0 Å². The van der Waals surface area contributed by atoms with Crippen LogP contribution >= 0.6 is 0 Å². The Morgan fingerprint density at radius 3 is 2.16 bits per heavy atom. The number of imide groups is 1. The summed E-state index contributed by atoms with van der Waals surface area (Å²) in [7, 11) is 0. The quantitative estimate of drug-likeness (QED) is 0.551. The Morgan fingerprint density at radius 1 is 0.774 bits per heavy atom. The van der Waals surface area contributed by atoms with Crippen LogP contribution in [0.2, 0.25) is 0 Å². The molecule has 154 valence electrons. The molecule has 3 N–H and O–H groups in total. The van der Waals surface area contributed by atoms with E-state index >= 15 is 0 Å². The summed E-state index contributed by atoms with van der Waals surface area (Å²) in [6, 6.07) is 18.4. The smallest absolute Gasteiger partial charge is 0.275 e. The third-order valence-electron chi connectivity index (χ3n) is 4.60. The molecule has 0 saturated heterocycles. The fraction of sp³-hybridized carbons (Fsp3) is 0. The van der Waals surface area contributed by atoms with Gasteiger partial charge in [0, 0.05) is 22.5 Å². The molecular formula is C23H15F2N3O3. The molecule has 1 aliphatic rings. The molecule has 0 spiro atoms. The van der Waals surface area contributed by atoms with Crippen LogP contribution in [0.3, 0.4) is 0 Å².